The lowest BCUT2D eigenvalue weighted by molar-refractivity contribution is 0.0915. The zero-order valence-electron chi connectivity index (χ0n) is 11.4. The van der Waals surface area contributed by atoms with E-state index in [2.05, 4.69) is 5.32 Å². The molecule has 0 aliphatic rings. The van der Waals surface area contributed by atoms with Crippen LogP contribution in [-0.4, -0.2) is 23.7 Å². The van der Waals surface area contributed by atoms with Gasteiger partial charge in [-0.2, -0.15) is 0 Å². The lowest BCUT2D eigenvalue weighted by Crippen LogP contribution is -2.39. The van der Waals surface area contributed by atoms with Crippen LogP contribution in [0.15, 0.2) is 24.3 Å². The first-order chi connectivity index (χ1) is 8.60. The molecular formula is C15H23NO2. The summed E-state index contributed by atoms with van der Waals surface area (Å²) in [5.41, 5.74) is 1.80. The molecule has 0 spiro atoms. The van der Waals surface area contributed by atoms with Crippen molar-refractivity contribution in [1.82, 2.24) is 5.32 Å². The molecule has 0 aliphatic carbocycles. The Kier molecular flexibility index (Phi) is 5.86. The van der Waals surface area contributed by atoms with E-state index in [4.69, 9.17) is 5.11 Å². The van der Waals surface area contributed by atoms with E-state index in [-0.39, 0.29) is 18.6 Å². The zero-order valence-corrected chi connectivity index (χ0v) is 11.4. The van der Waals surface area contributed by atoms with E-state index < -0.39 is 0 Å². The van der Waals surface area contributed by atoms with E-state index in [1.807, 2.05) is 45.0 Å². The van der Waals surface area contributed by atoms with Crippen LogP contribution in [0.3, 0.4) is 0 Å². The minimum absolute atomic E-state index is 0.0208. The number of aliphatic hydroxyl groups excluding tert-OH is 1. The second-order valence-corrected chi connectivity index (χ2v) is 4.85. The Balaban J connectivity index is 2.80. The fourth-order valence-corrected chi connectivity index (χ4v) is 2.01. The summed E-state index contributed by atoms with van der Waals surface area (Å²) < 4.78 is 0. The molecule has 0 saturated carbocycles. The van der Waals surface area contributed by atoms with Crippen molar-refractivity contribution in [1.29, 1.82) is 0 Å². The number of carbonyl (C=O) groups is 1. The van der Waals surface area contributed by atoms with Gasteiger partial charge >= 0.3 is 0 Å². The van der Waals surface area contributed by atoms with Gasteiger partial charge in [-0.15, -0.1) is 0 Å². The molecule has 1 unspecified atom stereocenters. The van der Waals surface area contributed by atoms with Crippen molar-refractivity contribution in [2.75, 3.05) is 6.61 Å². The molecule has 0 aliphatic heterocycles. The van der Waals surface area contributed by atoms with Crippen molar-refractivity contribution in [2.45, 2.75) is 39.7 Å². The average Bonchev–Trinajstić information content (AvgIpc) is 2.37. The maximum atomic E-state index is 12.2. The third-order valence-corrected chi connectivity index (χ3v) is 3.20. The summed E-state index contributed by atoms with van der Waals surface area (Å²) in [5, 5.41) is 12.0. The Morgan fingerprint density at radius 2 is 2.00 bits per heavy atom. The number of aliphatic hydroxyl groups is 1. The highest BCUT2D eigenvalue weighted by Crippen LogP contribution is 2.12. The maximum Gasteiger partial charge on any atom is 0.251 e. The van der Waals surface area contributed by atoms with E-state index in [0.717, 1.165) is 17.5 Å². The highest BCUT2D eigenvalue weighted by molar-refractivity contribution is 5.95. The number of nitrogens with one attached hydrogen (secondary N) is 1. The van der Waals surface area contributed by atoms with Crippen LogP contribution in [0.1, 0.15) is 43.1 Å². The van der Waals surface area contributed by atoms with E-state index in [1.54, 1.807) is 0 Å². The number of amides is 1. The van der Waals surface area contributed by atoms with E-state index >= 15 is 0 Å². The second-order valence-electron chi connectivity index (χ2n) is 4.85. The highest BCUT2D eigenvalue weighted by atomic mass is 16.3. The van der Waals surface area contributed by atoms with Crippen LogP contribution < -0.4 is 5.32 Å². The van der Waals surface area contributed by atoms with Gasteiger partial charge < -0.3 is 10.4 Å². The molecule has 1 atom stereocenters. The summed E-state index contributed by atoms with van der Waals surface area (Å²) in [7, 11) is 0. The van der Waals surface area contributed by atoms with Gasteiger partial charge in [-0.05, 0) is 30.4 Å². The summed E-state index contributed by atoms with van der Waals surface area (Å²) in [4.78, 5) is 12.2. The second kappa shape index (κ2) is 7.17. The van der Waals surface area contributed by atoms with Gasteiger partial charge in [0.05, 0.1) is 0 Å². The molecular weight excluding hydrogens is 226 g/mol. The molecule has 0 heterocycles. The first-order valence-corrected chi connectivity index (χ1v) is 6.59. The van der Waals surface area contributed by atoms with Gasteiger partial charge in [-0.3, -0.25) is 4.79 Å². The Morgan fingerprint density at radius 3 is 2.56 bits per heavy atom. The molecule has 0 aromatic heterocycles. The summed E-state index contributed by atoms with van der Waals surface area (Å²) in [5.74, 6) is 0.273. The normalized spacial score (nSPS) is 12.5. The molecule has 1 amide bonds. The lowest BCUT2D eigenvalue weighted by atomic mass is 9.99. The Morgan fingerprint density at radius 1 is 1.33 bits per heavy atom. The van der Waals surface area contributed by atoms with E-state index in [1.165, 1.54) is 0 Å². The summed E-state index contributed by atoms with van der Waals surface area (Å²) >= 11 is 0. The van der Waals surface area contributed by atoms with Crippen LogP contribution in [0.5, 0.6) is 0 Å². The molecule has 2 N–H and O–H groups in total. The van der Waals surface area contributed by atoms with Crippen molar-refractivity contribution in [3.05, 3.63) is 35.4 Å². The Hall–Kier alpha value is -1.35. The minimum Gasteiger partial charge on any atom is -0.396 e. The molecule has 0 fully saturated rings. The third-order valence-electron chi connectivity index (χ3n) is 3.20. The van der Waals surface area contributed by atoms with Crippen molar-refractivity contribution in [3.63, 3.8) is 0 Å². The van der Waals surface area contributed by atoms with Crippen LogP contribution in [0, 0.1) is 5.92 Å². The summed E-state index contributed by atoms with van der Waals surface area (Å²) in [6, 6.07) is 7.68. The van der Waals surface area contributed by atoms with Crippen molar-refractivity contribution in [3.8, 4) is 0 Å². The smallest absolute Gasteiger partial charge is 0.251 e. The van der Waals surface area contributed by atoms with Gasteiger partial charge in [-0.25, -0.2) is 0 Å². The van der Waals surface area contributed by atoms with Gasteiger partial charge in [0.25, 0.3) is 5.91 Å². The average molecular weight is 249 g/mol. The fraction of sp³-hybridized carbons (Fsp3) is 0.533. The molecule has 3 nitrogen and oxygen atoms in total. The first-order valence-electron chi connectivity index (χ1n) is 6.59. The zero-order chi connectivity index (χ0) is 13.5. The Bertz CT molecular complexity index is 388. The molecule has 0 saturated heterocycles. The Labute approximate surface area is 109 Å². The standard InChI is InChI=1S/C15H23NO2/c1-4-12-7-5-6-8-13(12)15(18)16-14(9-10-17)11(2)3/h5-8,11,14,17H,4,9-10H2,1-3H3,(H,16,18). The topological polar surface area (TPSA) is 49.3 Å². The predicted octanol–water partition coefficient (Wildman–Crippen LogP) is 2.39. The van der Waals surface area contributed by atoms with Gasteiger partial charge in [0.15, 0.2) is 0 Å². The van der Waals surface area contributed by atoms with Gasteiger partial charge in [-0.1, -0.05) is 39.0 Å². The lowest BCUT2D eigenvalue weighted by Gasteiger charge is -2.22. The monoisotopic (exact) mass is 249 g/mol. The number of benzene rings is 1. The first kappa shape index (κ1) is 14.7. The molecule has 18 heavy (non-hydrogen) atoms. The molecule has 0 radical (unpaired) electrons. The van der Waals surface area contributed by atoms with Crippen LogP contribution >= 0.6 is 0 Å². The quantitative estimate of drug-likeness (QED) is 0.813. The van der Waals surface area contributed by atoms with E-state index in [9.17, 15) is 4.79 Å². The largest absolute Gasteiger partial charge is 0.396 e. The van der Waals surface area contributed by atoms with Gasteiger partial charge in [0.1, 0.15) is 0 Å². The molecule has 1 aromatic carbocycles. The van der Waals surface area contributed by atoms with Crippen LogP contribution in [-0.2, 0) is 6.42 Å². The van der Waals surface area contributed by atoms with Gasteiger partial charge in [0.2, 0.25) is 0 Å². The molecule has 3 heteroatoms. The number of rotatable bonds is 6. The number of aryl methyl sites for hydroxylation is 1. The van der Waals surface area contributed by atoms with Crippen LogP contribution in [0.2, 0.25) is 0 Å². The van der Waals surface area contributed by atoms with Crippen molar-refractivity contribution >= 4 is 5.91 Å². The van der Waals surface area contributed by atoms with E-state index in [0.29, 0.717) is 12.3 Å². The van der Waals surface area contributed by atoms with Crippen molar-refractivity contribution in [2.24, 2.45) is 5.92 Å². The minimum atomic E-state index is -0.0420. The molecule has 1 rings (SSSR count). The van der Waals surface area contributed by atoms with Gasteiger partial charge in [0, 0.05) is 18.2 Å². The van der Waals surface area contributed by atoms with Crippen LogP contribution in [0.4, 0.5) is 0 Å². The highest BCUT2D eigenvalue weighted by Gasteiger charge is 2.17. The fourth-order valence-electron chi connectivity index (χ4n) is 2.01. The molecule has 1 aromatic rings. The SMILES string of the molecule is CCc1ccccc1C(=O)NC(CCO)C(C)C. The predicted molar refractivity (Wildman–Crippen MR) is 73.6 cm³/mol. The van der Waals surface area contributed by atoms with Crippen LogP contribution in [0.25, 0.3) is 0 Å². The maximum absolute atomic E-state index is 12.2. The summed E-state index contributed by atoms with van der Waals surface area (Å²) in [6.07, 6.45) is 1.44. The van der Waals surface area contributed by atoms with Crippen molar-refractivity contribution < 1.29 is 9.90 Å². The number of hydrogen-bond acceptors (Lipinski definition) is 2. The number of carbonyl (C=O) groups excluding carboxylic acids is 1. The molecule has 100 valence electrons. The third kappa shape index (κ3) is 3.84. The summed E-state index contributed by atoms with van der Waals surface area (Å²) in [6.45, 7) is 6.23. The number of hydrogen-bond donors (Lipinski definition) is 2. The molecule has 0 bridgehead atoms.